The van der Waals surface area contributed by atoms with Crippen LogP contribution in [0, 0.1) is 40.4 Å². The first-order valence-electron chi connectivity index (χ1n) is 16.7. The lowest BCUT2D eigenvalue weighted by Crippen LogP contribution is -2.52. The Labute approximate surface area is 269 Å². The van der Waals surface area contributed by atoms with Gasteiger partial charge in [-0.25, -0.2) is 0 Å². The second-order valence-electron chi connectivity index (χ2n) is 14.2. The number of ketones is 1. The summed E-state index contributed by atoms with van der Waals surface area (Å²) in [7, 11) is 0. The molecule has 246 valence electrons. The monoisotopic (exact) mass is 636 g/mol. The maximum atomic E-state index is 14.0. The molecule has 6 rings (SSSR count). The van der Waals surface area contributed by atoms with Gasteiger partial charge in [-0.3, -0.25) is 9.59 Å². The van der Waals surface area contributed by atoms with E-state index in [2.05, 4.69) is 47.2 Å². The number of oxime groups is 1. The quantitative estimate of drug-likeness (QED) is 0.155. The van der Waals surface area contributed by atoms with E-state index >= 15 is 0 Å². The second-order valence-corrected chi connectivity index (χ2v) is 14.2. The van der Waals surface area contributed by atoms with Crippen molar-refractivity contribution in [2.24, 2.45) is 33.7 Å². The first kappa shape index (κ1) is 32.4. The van der Waals surface area contributed by atoms with Crippen molar-refractivity contribution in [2.75, 3.05) is 24.6 Å². The van der Waals surface area contributed by atoms with Gasteiger partial charge in [-0.1, -0.05) is 42.6 Å². The van der Waals surface area contributed by atoms with Gasteiger partial charge in [0.25, 0.3) is 0 Å². The summed E-state index contributed by atoms with van der Waals surface area (Å²) < 4.78 is 46.2. The SMILES string of the molecule is CC(=O)OCC(=O)[C@@]1(C#CC(F)(F)F)CC[C@H]2[C@@H]3CC(C)C4=CC(=NO)CCC4=C3[C@@H](c3ccc(N4CCCCC4)cc3)C[C@@]21C. The van der Waals surface area contributed by atoms with Gasteiger partial charge in [-0.2, -0.15) is 13.2 Å². The van der Waals surface area contributed by atoms with E-state index < -0.39 is 35.4 Å². The van der Waals surface area contributed by atoms with E-state index in [1.807, 2.05) is 13.0 Å². The third-order valence-electron chi connectivity index (χ3n) is 11.7. The molecule has 4 aliphatic carbocycles. The number of rotatable bonds is 5. The van der Waals surface area contributed by atoms with Crippen LogP contribution in [0.2, 0.25) is 0 Å². The van der Waals surface area contributed by atoms with Gasteiger partial charge >= 0.3 is 12.1 Å². The summed E-state index contributed by atoms with van der Waals surface area (Å²) in [5.74, 6) is 2.79. The molecule has 0 spiro atoms. The maximum absolute atomic E-state index is 14.0. The third-order valence-corrected chi connectivity index (χ3v) is 11.7. The number of alkyl halides is 3. The standard InChI is InChI=1S/C37H43F3N2O4/c1-23-19-30-32-13-14-36(15-16-37(38,39)40,33(44)22-46-24(2)43)35(32,3)21-31(34(30)28-12-9-26(41-45)20-29(23)28)25-7-10-27(11-8-25)42-17-5-4-6-18-42/h7-8,10-11,20,23,30-32,45H,4-6,9,12-14,17-19,21-22H2,1-3H3/t23?,30-,31+,32-,35-,36-/m0/s1. The number of hydrogen-bond acceptors (Lipinski definition) is 6. The predicted octanol–water partition coefficient (Wildman–Crippen LogP) is 7.77. The van der Waals surface area contributed by atoms with Gasteiger partial charge in [-0.05, 0) is 116 Å². The van der Waals surface area contributed by atoms with Crippen molar-refractivity contribution in [2.45, 2.75) is 90.7 Å². The van der Waals surface area contributed by atoms with Crippen LogP contribution in [0.3, 0.4) is 0 Å². The zero-order valence-corrected chi connectivity index (χ0v) is 26.9. The molecule has 2 saturated carbocycles. The van der Waals surface area contributed by atoms with E-state index in [1.54, 1.807) is 0 Å². The Kier molecular flexibility index (Phi) is 8.62. The molecular formula is C37H43F3N2O4. The van der Waals surface area contributed by atoms with E-state index in [1.165, 1.54) is 41.7 Å². The van der Waals surface area contributed by atoms with Crippen LogP contribution >= 0.6 is 0 Å². The lowest BCUT2D eigenvalue weighted by Gasteiger charge is -2.55. The van der Waals surface area contributed by atoms with Gasteiger partial charge in [0.1, 0.15) is 0 Å². The third kappa shape index (κ3) is 5.66. The van der Waals surface area contributed by atoms with E-state index in [0.29, 0.717) is 25.0 Å². The Bertz CT molecular complexity index is 1540. The van der Waals surface area contributed by atoms with Gasteiger partial charge in [0.2, 0.25) is 0 Å². The highest BCUT2D eigenvalue weighted by molar-refractivity contribution is 5.97. The summed E-state index contributed by atoms with van der Waals surface area (Å²) in [6.45, 7) is 6.76. The van der Waals surface area contributed by atoms with Crippen molar-refractivity contribution in [1.29, 1.82) is 0 Å². The van der Waals surface area contributed by atoms with Gasteiger partial charge in [-0.15, -0.1) is 0 Å². The molecule has 0 aromatic heterocycles. The summed E-state index contributed by atoms with van der Waals surface area (Å²) in [6.07, 6.45) is 4.15. The molecule has 9 heteroatoms. The Morgan fingerprint density at radius 1 is 1.13 bits per heavy atom. The number of ether oxygens (including phenoxy) is 1. The number of carbonyl (C=O) groups is 2. The second kappa shape index (κ2) is 12.2. The van der Waals surface area contributed by atoms with Crippen LogP contribution in [0.5, 0.6) is 0 Å². The summed E-state index contributed by atoms with van der Waals surface area (Å²) in [5, 5.41) is 13.1. The Morgan fingerprint density at radius 3 is 2.50 bits per heavy atom. The summed E-state index contributed by atoms with van der Waals surface area (Å²) >= 11 is 0. The molecule has 0 radical (unpaired) electrons. The minimum Gasteiger partial charge on any atom is -0.458 e. The van der Waals surface area contributed by atoms with Crippen LogP contribution < -0.4 is 4.90 Å². The van der Waals surface area contributed by atoms with Crippen LogP contribution in [0.4, 0.5) is 18.9 Å². The van der Waals surface area contributed by atoms with Gasteiger partial charge in [0.15, 0.2) is 12.4 Å². The topological polar surface area (TPSA) is 79.2 Å². The predicted molar refractivity (Wildman–Crippen MR) is 169 cm³/mol. The number of hydrogen-bond donors (Lipinski definition) is 1. The van der Waals surface area contributed by atoms with Crippen molar-refractivity contribution in [3.63, 3.8) is 0 Å². The minimum absolute atomic E-state index is 0.0522. The Balaban J connectivity index is 1.50. The van der Waals surface area contributed by atoms with E-state index in [9.17, 15) is 28.0 Å². The fourth-order valence-corrected chi connectivity index (χ4v) is 9.64. The fraction of sp³-hybridized carbons (Fsp3) is 0.595. The molecule has 5 aliphatic rings. The van der Waals surface area contributed by atoms with Crippen LogP contribution in [0.25, 0.3) is 0 Å². The van der Waals surface area contributed by atoms with Crippen molar-refractivity contribution in [1.82, 2.24) is 0 Å². The zero-order valence-electron chi connectivity index (χ0n) is 26.9. The molecule has 1 heterocycles. The van der Waals surface area contributed by atoms with Crippen molar-refractivity contribution < 1.29 is 32.7 Å². The largest absolute Gasteiger partial charge is 0.458 e. The molecule has 0 amide bonds. The molecule has 3 fully saturated rings. The number of halogens is 3. The molecule has 1 aromatic carbocycles. The molecule has 1 N–H and O–H groups in total. The number of piperidine rings is 1. The van der Waals surface area contributed by atoms with Crippen LogP contribution in [-0.4, -0.2) is 48.5 Å². The summed E-state index contributed by atoms with van der Waals surface area (Å²) in [4.78, 5) is 28.1. The highest BCUT2D eigenvalue weighted by atomic mass is 19.4. The van der Waals surface area contributed by atoms with E-state index in [0.717, 1.165) is 44.3 Å². The fourth-order valence-electron chi connectivity index (χ4n) is 9.64. The number of fused-ring (bicyclic) bond motifs is 4. The molecule has 0 bridgehead atoms. The number of allylic oxidation sites excluding steroid dienone is 4. The average molecular weight is 637 g/mol. The number of Topliss-reactive ketones (excluding diaryl/α,β-unsaturated/α-hetero) is 1. The number of anilines is 1. The van der Waals surface area contributed by atoms with Crippen LogP contribution in [0.1, 0.15) is 90.0 Å². The number of benzene rings is 1. The zero-order chi connectivity index (χ0) is 32.9. The van der Waals surface area contributed by atoms with Gasteiger partial charge in [0.05, 0.1) is 11.1 Å². The Hall–Kier alpha value is -3.54. The number of carbonyl (C=O) groups excluding carboxylic acids is 2. The molecule has 6 nitrogen and oxygen atoms in total. The summed E-state index contributed by atoms with van der Waals surface area (Å²) in [5.41, 5.74) is 4.19. The van der Waals surface area contributed by atoms with Crippen molar-refractivity contribution in [3.05, 3.63) is 52.6 Å². The van der Waals surface area contributed by atoms with E-state index in [4.69, 9.17) is 4.74 Å². The molecule has 1 saturated heterocycles. The average Bonchev–Trinajstić information content (AvgIpc) is 3.35. The first-order chi connectivity index (χ1) is 21.9. The van der Waals surface area contributed by atoms with Crippen LogP contribution in [0.15, 0.2) is 52.2 Å². The van der Waals surface area contributed by atoms with Gasteiger partial charge in [0, 0.05) is 37.5 Å². The molecule has 1 aliphatic heterocycles. The minimum atomic E-state index is -4.76. The Morgan fingerprint density at radius 2 is 1.85 bits per heavy atom. The van der Waals surface area contributed by atoms with E-state index in [-0.39, 0.29) is 30.1 Å². The highest BCUT2D eigenvalue weighted by Crippen LogP contribution is 2.70. The molecule has 1 aromatic rings. The molecule has 1 unspecified atom stereocenters. The lowest BCUT2D eigenvalue weighted by atomic mass is 9.47. The molecule has 6 atom stereocenters. The number of esters is 1. The van der Waals surface area contributed by atoms with Crippen molar-refractivity contribution in [3.8, 4) is 11.8 Å². The van der Waals surface area contributed by atoms with Gasteiger partial charge < -0.3 is 14.8 Å². The smallest absolute Gasteiger partial charge is 0.457 e. The number of nitrogens with zero attached hydrogens (tertiary/aromatic N) is 2. The normalized spacial score (nSPS) is 33.3. The summed E-state index contributed by atoms with van der Waals surface area (Å²) in [6, 6.07) is 8.64. The highest BCUT2D eigenvalue weighted by Gasteiger charge is 2.66. The van der Waals surface area contributed by atoms with Crippen molar-refractivity contribution >= 4 is 23.2 Å². The maximum Gasteiger partial charge on any atom is 0.457 e. The first-order valence-corrected chi connectivity index (χ1v) is 16.7. The lowest BCUT2D eigenvalue weighted by molar-refractivity contribution is -0.150. The molecule has 46 heavy (non-hydrogen) atoms. The van der Waals surface area contributed by atoms with Crippen LogP contribution in [-0.2, 0) is 14.3 Å². The molecular weight excluding hydrogens is 593 g/mol.